The number of ether oxygens (including phenoxy) is 1. The predicted octanol–water partition coefficient (Wildman–Crippen LogP) is 2.19. The predicted molar refractivity (Wildman–Crippen MR) is 99.4 cm³/mol. The second-order valence-corrected chi connectivity index (χ2v) is 5.85. The lowest BCUT2D eigenvalue weighted by molar-refractivity contribution is -0.144. The summed E-state index contributed by atoms with van der Waals surface area (Å²) in [5.41, 5.74) is 1.33. The fourth-order valence-corrected chi connectivity index (χ4v) is 2.22. The van der Waals surface area contributed by atoms with E-state index in [4.69, 9.17) is 4.74 Å². The molecule has 7 nitrogen and oxygen atoms in total. The molecule has 2 rings (SSSR count). The van der Waals surface area contributed by atoms with Crippen molar-refractivity contribution in [1.82, 2.24) is 5.32 Å². The van der Waals surface area contributed by atoms with Crippen LogP contribution >= 0.6 is 0 Å². The van der Waals surface area contributed by atoms with Crippen molar-refractivity contribution in [3.05, 3.63) is 65.7 Å². The molecule has 0 aliphatic rings. The van der Waals surface area contributed by atoms with E-state index in [0.29, 0.717) is 16.8 Å². The van der Waals surface area contributed by atoms with Gasteiger partial charge in [0.05, 0.1) is 0 Å². The van der Waals surface area contributed by atoms with E-state index in [2.05, 4.69) is 10.6 Å². The molecule has 2 amide bonds. The molecular formula is C20H20N2O5. The van der Waals surface area contributed by atoms with E-state index >= 15 is 0 Å². The molecule has 0 heterocycles. The van der Waals surface area contributed by atoms with Crippen LogP contribution in [0.25, 0.3) is 0 Å². The molecule has 27 heavy (non-hydrogen) atoms. The quantitative estimate of drug-likeness (QED) is 0.576. The average molecular weight is 368 g/mol. The zero-order valence-electron chi connectivity index (χ0n) is 15.0. The van der Waals surface area contributed by atoms with Crippen LogP contribution in [0.4, 0.5) is 5.69 Å². The Hall–Kier alpha value is -3.48. The molecule has 1 atom stereocenters. The van der Waals surface area contributed by atoms with Crippen LogP contribution in [0, 0.1) is 0 Å². The summed E-state index contributed by atoms with van der Waals surface area (Å²) in [6.07, 6.45) is 0. The van der Waals surface area contributed by atoms with Crippen molar-refractivity contribution < 1.29 is 23.9 Å². The number of esters is 1. The topological polar surface area (TPSA) is 102 Å². The van der Waals surface area contributed by atoms with Crippen molar-refractivity contribution in [2.45, 2.75) is 19.9 Å². The lowest BCUT2D eigenvalue weighted by atomic mass is 10.1. The largest absolute Gasteiger partial charge is 0.456 e. The van der Waals surface area contributed by atoms with Crippen molar-refractivity contribution in [1.29, 1.82) is 0 Å². The summed E-state index contributed by atoms with van der Waals surface area (Å²) in [7, 11) is 0. The molecule has 0 aliphatic carbocycles. The first-order chi connectivity index (χ1) is 12.9. The molecule has 140 valence electrons. The first kappa shape index (κ1) is 19.8. The molecule has 0 saturated heterocycles. The van der Waals surface area contributed by atoms with E-state index in [1.165, 1.54) is 26.0 Å². The number of hydrogen-bond acceptors (Lipinski definition) is 5. The zero-order valence-corrected chi connectivity index (χ0v) is 15.0. The van der Waals surface area contributed by atoms with Crippen molar-refractivity contribution in [2.24, 2.45) is 0 Å². The maximum absolute atomic E-state index is 12.1. The molecule has 2 N–H and O–H groups in total. The van der Waals surface area contributed by atoms with Crippen LogP contribution in [0.2, 0.25) is 0 Å². The van der Waals surface area contributed by atoms with Crippen LogP contribution in [0.3, 0.4) is 0 Å². The number of hydrogen-bond donors (Lipinski definition) is 2. The van der Waals surface area contributed by atoms with E-state index in [0.717, 1.165) is 0 Å². The van der Waals surface area contributed by atoms with Gasteiger partial charge in [-0.2, -0.15) is 0 Å². The molecule has 2 aromatic rings. The summed E-state index contributed by atoms with van der Waals surface area (Å²) in [4.78, 5) is 47.1. The van der Waals surface area contributed by atoms with E-state index < -0.39 is 24.5 Å². The van der Waals surface area contributed by atoms with Crippen molar-refractivity contribution in [2.75, 3.05) is 11.9 Å². The molecule has 0 radical (unpaired) electrons. The van der Waals surface area contributed by atoms with Crippen LogP contribution in [0.15, 0.2) is 54.6 Å². The number of ketones is 1. The number of Topliss-reactive ketones (excluding diaryl/α,β-unsaturated/α-hetero) is 1. The molecule has 0 saturated carbocycles. The van der Waals surface area contributed by atoms with Gasteiger partial charge in [-0.3, -0.25) is 14.4 Å². The molecule has 0 bridgehead atoms. The van der Waals surface area contributed by atoms with Gasteiger partial charge in [0.2, 0.25) is 5.91 Å². The van der Waals surface area contributed by atoms with Crippen molar-refractivity contribution in [3.63, 3.8) is 0 Å². The summed E-state index contributed by atoms with van der Waals surface area (Å²) >= 11 is 0. The SMILES string of the molecule is CC(=O)Nc1ccc(C(=O)COC(=O)[C@H](C)NC(=O)c2ccccc2)cc1. The third-order valence-corrected chi connectivity index (χ3v) is 3.61. The van der Waals surface area contributed by atoms with Gasteiger partial charge in [0, 0.05) is 23.7 Å². The standard InChI is InChI=1S/C20H20N2O5/c1-13(21-19(25)16-6-4-3-5-7-16)20(26)27-12-18(24)15-8-10-17(11-9-15)22-14(2)23/h3-11,13H,12H2,1-2H3,(H,21,25)(H,22,23)/t13-/m0/s1. The van der Waals surface area contributed by atoms with Crippen LogP contribution in [0.5, 0.6) is 0 Å². The molecule has 0 spiro atoms. The summed E-state index contributed by atoms with van der Waals surface area (Å²) in [5.74, 6) is -1.71. The highest BCUT2D eigenvalue weighted by molar-refractivity contribution is 5.99. The third kappa shape index (κ3) is 6.07. The van der Waals surface area contributed by atoms with Gasteiger partial charge in [0.1, 0.15) is 6.04 Å². The summed E-state index contributed by atoms with van der Waals surface area (Å²) in [5, 5.41) is 5.11. The average Bonchev–Trinajstić information content (AvgIpc) is 2.66. The maximum Gasteiger partial charge on any atom is 0.328 e. The van der Waals surface area contributed by atoms with E-state index in [9.17, 15) is 19.2 Å². The minimum absolute atomic E-state index is 0.213. The Balaban J connectivity index is 1.84. The lowest BCUT2D eigenvalue weighted by Gasteiger charge is -2.13. The number of carbonyl (C=O) groups excluding carboxylic acids is 4. The van der Waals surface area contributed by atoms with Crippen LogP contribution in [-0.4, -0.2) is 36.2 Å². The van der Waals surface area contributed by atoms with E-state index in [-0.39, 0.29) is 11.7 Å². The second kappa shape index (κ2) is 9.28. The highest BCUT2D eigenvalue weighted by atomic mass is 16.5. The second-order valence-electron chi connectivity index (χ2n) is 5.85. The first-order valence-corrected chi connectivity index (χ1v) is 8.30. The van der Waals surface area contributed by atoms with Gasteiger partial charge >= 0.3 is 5.97 Å². The van der Waals surface area contributed by atoms with Crippen LogP contribution < -0.4 is 10.6 Å². The minimum atomic E-state index is -0.896. The van der Waals surface area contributed by atoms with E-state index in [1.807, 2.05) is 0 Å². The molecule has 0 aliphatic heterocycles. The Labute approximate surface area is 156 Å². The fraction of sp³-hybridized carbons (Fsp3) is 0.200. The zero-order chi connectivity index (χ0) is 19.8. The van der Waals surface area contributed by atoms with Gasteiger partial charge in [-0.25, -0.2) is 4.79 Å². The molecular weight excluding hydrogens is 348 g/mol. The smallest absolute Gasteiger partial charge is 0.328 e. The lowest BCUT2D eigenvalue weighted by Crippen LogP contribution is -2.40. The number of rotatable bonds is 7. The fourth-order valence-electron chi connectivity index (χ4n) is 2.22. The highest BCUT2D eigenvalue weighted by Crippen LogP contribution is 2.10. The highest BCUT2D eigenvalue weighted by Gasteiger charge is 2.19. The Morgan fingerprint density at radius 1 is 0.926 bits per heavy atom. The summed E-state index contributed by atoms with van der Waals surface area (Å²) < 4.78 is 4.98. The molecule has 0 fully saturated rings. The first-order valence-electron chi connectivity index (χ1n) is 8.30. The number of carbonyl (C=O) groups is 4. The maximum atomic E-state index is 12.1. The number of nitrogens with one attached hydrogen (secondary N) is 2. The van der Waals surface area contributed by atoms with Crippen LogP contribution in [-0.2, 0) is 14.3 Å². The molecule has 0 aromatic heterocycles. The van der Waals surface area contributed by atoms with Crippen molar-refractivity contribution in [3.8, 4) is 0 Å². The van der Waals surface area contributed by atoms with E-state index in [1.54, 1.807) is 42.5 Å². The van der Waals surface area contributed by atoms with Gasteiger partial charge in [0.25, 0.3) is 5.91 Å². The normalized spacial score (nSPS) is 11.2. The number of anilines is 1. The Kier molecular flexibility index (Phi) is 6.82. The summed E-state index contributed by atoms with van der Waals surface area (Å²) in [6, 6.07) is 13.8. The third-order valence-electron chi connectivity index (χ3n) is 3.61. The van der Waals surface area contributed by atoms with Gasteiger partial charge < -0.3 is 15.4 Å². The Morgan fingerprint density at radius 2 is 1.56 bits per heavy atom. The minimum Gasteiger partial charge on any atom is -0.456 e. The van der Waals surface area contributed by atoms with Crippen molar-refractivity contribution >= 4 is 29.3 Å². The molecule has 0 unspecified atom stereocenters. The van der Waals surface area contributed by atoms with Crippen LogP contribution in [0.1, 0.15) is 34.6 Å². The Bertz CT molecular complexity index is 831. The summed E-state index contributed by atoms with van der Waals surface area (Å²) in [6.45, 7) is 2.43. The number of amides is 2. The van der Waals surface area contributed by atoms with Gasteiger partial charge in [0.15, 0.2) is 12.4 Å². The number of benzene rings is 2. The van der Waals surface area contributed by atoms with Gasteiger partial charge in [-0.1, -0.05) is 18.2 Å². The van der Waals surface area contributed by atoms with Gasteiger partial charge in [-0.05, 0) is 43.3 Å². The van der Waals surface area contributed by atoms with Gasteiger partial charge in [-0.15, -0.1) is 0 Å². The monoisotopic (exact) mass is 368 g/mol. The Morgan fingerprint density at radius 3 is 2.15 bits per heavy atom. The molecule has 7 heteroatoms. The molecule has 2 aromatic carbocycles.